The van der Waals surface area contributed by atoms with Crippen molar-refractivity contribution in [1.82, 2.24) is 9.55 Å². The second kappa shape index (κ2) is 6.44. The summed E-state index contributed by atoms with van der Waals surface area (Å²) in [5.41, 5.74) is 3.50. The summed E-state index contributed by atoms with van der Waals surface area (Å²) in [7, 11) is 0. The van der Waals surface area contributed by atoms with E-state index in [1.54, 1.807) is 0 Å². The maximum Gasteiger partial charge on any atom is 0.111 e. The monoisotopic (exact) mass is 279 g/mol. The van der Waals surface area contributed by atoms with E-state index in [2.05, 4.69) is 65.3 Å². The second-order valence-corrected chi connectivity index (χ2v) is 5.21. The van der Waals surface area contributed by atoms with Crippen molar-refractivity contribution in [2.75, 3.05) is 11.9 Å². The Kier molecular flexibility index (Phi) is 4.20. The van der Waals surface area contributed by atoms with E-state index in [-0.39, 0.29) is 0 Å². The summed E-state index contributed by atoms with van der Waals surface area (Å²) in [5, 5.41) is 3.45. The zero-order valence-electron chi connectivity index (χ0n) is 12.4. The topological polar surface area (TPSA) is 29.9 Å². The van der Waals surface area contributed by atoms with Gasteiger partial charge in [0.25, 0.3) is 0 Å². The maximum absolute atomic E-state index is 4.79. The molecule has 0 aliphatic heterocycles. The number of nitrogens with one attached hydrogen (secondary N) is 1. The number of nitrogens with zero attached hydrogens (tertiary/aromatic N) is 2. The molecule has 3 nitrogen and oxygen atoms in total. The van der Waals surface area contributed by atoms with E-state index in [0.29, 0.717) is 0 Å². The quantitative estimate of drug-likeness (QED) is 0.736. The smallest absolute Gasteiger partial charge is 0.111 e. The molecule has 0 aliphatic carbocycles. The fourth-order valence-corrected chi connectivity index (χ4v) is 2.66. The average Bonchev–Trinajstić information content (AvgIpc) is 2.87. The Morgan fingerprint density at radius 2 is 1.76 bits per heavy atom. The van der Waals surface area contributed by atoms with E-state index >= 15 is 0 Å². The largest absolute Gasteiger partial charge is 0.385 e. The molecule has 0 aliphatic rings. The van der Waals surface area contributed by atoms with Crippen molar-refractivity contribution in [3.05, 3.63) is 60.4 Å². The van der Waals surface area contributed by atoms with Crippen LogP contribution in [0.3, 0.4) is 0 Å². The molecule has 1 N–H and O–H groups in total. The molecule has 3 heteroatoms. The highest BCUT2D eigenvalue weighted by atomic mass is 15.1. The van der Waals surface area contributed by atoms with Crippen molar-refractivity contribution in [1.29, 1.82) is 0 Å². The van der Waals surface area contributed by atoms with Crippen LogP contribution in [0, 0.1) is 0 Å². The van der Waals surface area contributed by atoms with E-state index < -0.39 is 0 Å². The zero-order valence-corrected chi connectivity index (χ0v) is 12.4. The molecule has 2 aromatic carbocycles. The first-order chi connectivity index (χ1) is 10.4. The fourth-order valence-electron chi connectivity index (χ4n) is 2.66. The number of hydrogen-bond donors (Lipinski definition) is 1. The maximum atomic E-state index is 4.79. The van der Waals surface area contributed by atoms with Crippen molar-refractivity contribution in [2.24, 2.45) is 0 Å². The molecule has 1 aromatic heterocycles. The van der Waals surface area contributed by atoms with Gasteiger partial charge in [-0.05, 0) is 30.7 Å². The molecule has 0 radical (unpaired) electrons. The van der Waals surface area contributed by atoms with E-state index in [1.807, 2.05) is 6.07 Å². The van der Waals surface area contributed by atoms with Gasteiger partial charge < -0.3 is 9.88 Å². The first-order valence-electron chi connectivity index (χ1n) is 7.61. The van der Waals surface area contributed by atoms with Crippen molar-refractivity contribution in [3.8, 4) is 0 Å². The van der Waals surface area contributed by atoms with E-state index in [0.717, 1.165) is 37.1 Å². The lowest BCUT2D eigenvalue weighted by Crippen LogP contribution is -2.10. The highest BCUT2D eigenvalue weighted by Crippen LogP contribution is 2.17. The number of aromatic nitrogens is 2. The highest BCUT2D eigenvalue weighted by Gasteiger charge is 2.09. The molecule has 0 unspecified atom stereocenters. The number of imidazole rings is 1. The van der Waals surface area contributed by atoms with Gasteiger partial charge in [-0.2, -0.15) is 0 Å². The third kappa shape index (κ3) is 3.07. The van der Waals surface area contributed by atoms with Crippen LogP contribution in [0.5, 0.6) is 0 Å². The standard InChI is InChI=1S/C18H21N3/c1-2-14-21-17-11-7-6-10-16(17)20-18(21)12-13-19-15-8-4-3-5-9-15/h3-11,19H,2,12-14H2,1H3. The van der Waals surface area contributed by atoms with Gasteiger partial charge in [0.05, 0.1) is 11.0 Å². The summed E-state index contributed by atoms with van der Waals surface area (Å²) in [6.07, 6.45) is 2.06. The lowest BCUT2D eigenvalue weighted by Gasteiger charge is -2.09. The number of anilines is 1. The van der Waals surface area contributed by atoms with Gasteiger partial charge in [0.15, 0.2) is 0 Å². The van der Waals surface area contributed by atoms with Crippen molar-refractivity contribution in [2.45, 2.75) is 26.3 Å². The summed E-state index contributed by atoms with van der Waals surface area (Å²) >= 11 is 0. The second-order valence-electron chi connectivity index (χ2n) is 5.21. The average molecular weight is 279 g/mol. The molecule has 0 spiro atoms. The van der Waals surface area contributed by atoms with Crippen LogP contribution in [0.2, 0.25) is 0 Å². The van der Waals surface area contributed by atoms with Crippen LogP contribution < -0.4 is 5.32 Å². The van der Waals surface area contributed by atoms with Gasteiger partial charge in [0.1, 0.15) is 5.82 Å². The molecule has 0 fully saturated rings. The Balaban J connectivity index is 1.75. The SMILES string of the molecule is CCCn1c(CCNc2ccccc2)nc2ccccc21. The van der Waals surface area contributed by atoms with Gasteiger partial charge in [-0.3, -0.25) is 0 Å². The first-order valence-corrected chi connectivity index (χ1v) is 7.61. The van der Waals surface area contributed by atoms with Crippen molar-refractivity contribution >= 4 is 16.7 Å². The van der Waals surface area contributed by atoms with Crippen LogP contribution in [0.25, 0.3) is 11.0 Å². The summed E-state index contributed by atoms with van der Waals surface area (Å²) in [6, 6.07) is 18.7. The van der Waals surface area contributed by atoms with Crippen LogP contribution in [0.15, 0.2) is 54.6 Å². The molecular weight excluding hydrogens is 258 g/mol. The number of benzene rings is 2. The van der Waals surface area contributed by atoms with Gasteiger partial charge >= 0.3 is 0 Å². The summed E-state index contributed by atoms with van der Waals surface area (Å²) in [5.74, 6) is 1.17. The number of fused-ring (bicyclic) bond motifs is 1. The molecule has 108 valence electrons. The lowest BCUT2D eigenvalue weighted by atomic mass is 10.3. The molecule has 0 amide bonds. The van der Waals surface area contributed by atoms with E-state index in [9.17, 15) is 0 Å². The van der Waals surface area contributed by atoms with Crippen LogP contribution in [-0.2, 0) is 13.0 Å². The lowest BCUT2D eigenvalue weighted by molar-refractivity contribution is 0.655. The Bertz CT molecular complexity index is 701. The normalized spacial score (nSPS) is 10.9. The number of hydrogen-bond acceptors (Lipinski definition) is 2. The van der Waals surface area contributed by atoms with Gasteiger partial charge in [0.2, 0.25) is 0 Å². The number of para-hydroxylation sites is 3. The zero-order chi connectivity index (χ0) is 14.5. The molecule has 0 saturated carbocycles. The predicted octanol–water partition coefficient (Wildman–Crippen LogP) is 4.10. The van der Waals surface area contributed by atoms with Crippen LogP contribution in [0.4, 0.5) is 5.69 Å². The van der Waals surface area contributed by atoms with Gasteiger partial charge in [0, 0.05) is 25.2 Å². The number of rotatable bonds is 6. The summed E-state index contributed by atoms with van der Waals surface area (Å²) < 4.78 is 2.35. The predicted molar refractivity (Wildman–Crippen MR) is 88.7 cm³/mol. The molecule has 1 heterocycles. The Hall–Kier alpha value is -2.29. The third-order valence-corrected chi connectivity index (χ3v) is 3.63. The number of aryl methyl sites for hydroxylation is 1. The summed E-state index contributed by atoms with van der Waals surface area (Å²) in [6.45, 7) is 4.14. The fraction of sp³-hybridized carbons (Fsp3) is 0.278. The third-order valence-electron chi connectivity index (χ3n) is 3.63. The molecule has 0 bridgehead atoms. The molecule has 3 rings (SSSR count). The minimum absolute atomic E-state index is 0.900. The van der Waals surface area contributed by atoms with Crippen LogP contribution >= 0.6 is 0 Å². The van der Waals surface area contributed by atoms with Crippen molar-refractivity contribution < 1.29 is 0 Å². The minimum Gasteiger partial charge on any atom is -0.385 e. The first kappa shape index (κ1) is 13.7. The minimum atomic E-state index is 0.900. The van der Waals surface area contributed by atoms with Crippen molar-refractivity contribution in [3.63, 3.8) is 0 Å². The Labute approximate surface area is 125 Å². The molecule has 0 atom stereocenters. The van der Waals surface area contributed by atoms with E-state index in [1.165, 1.54) is 11.3 Å². The molecular formula is C18H21N3. The summed E-state index contributed by atoms with van der Waals surface area (Å²) in [4.78, 5) is 4.79. The molecule has 21 heavy (non-hydrogen) atoms. The Morgan fingerprint density at radius 3 is 2.57 bits per heavy atom. The molecule has 0 saturated heterocycles. The van der Waals surface area contributed by atoms with Crippen LogP contribution in [-0.4, -0.2) is 16.1 Å². The highest BCUT2D eigenvalue weighted by molar-refractivity contribution is 5.75. The van der Waals surface area contributed by atoms with Gasteiger partial charge in [-0.15, -0.1) is 0 Å². The van der Waals surface area contributed by atoms with Crippen LogP contribution in [0.1, 0.15) is 19.2 Å². The Morgan fingerprint density at radius 1 is 1.00 bits per heavy atom. The van der Waals surface area contributed by atoms with E-state index in [4.69, 9.17) is 4.98 Å². The van der Waals surface area contributed by atoms with Gasteiger partial charge in [-0.25, -0.2) is 4.98 Å². The molecule has 3 aromatic rings. The van der Waals surface area contributed by atoms with Gasteiger partial charge in [-0.1, -0.05) is 37.3 Å².